The summed E-state index contributed by atoms with van der Waals surface area (Å²) in [5, 5.41) is 13.8. The van der Waals surface area contributed by atoms with E-state index in [1.54, 1.807) is 6.07 Å². The molecule has 0 aliphatic heterocycles. The molecule has 3 N–H and O–H groups in total. The predicted molar refractivity (Wildman–Crippen MR) is 70.5 cm³/mol. The van der Waals surface area contributed by atoms with Crippen LogP contribution in [0.15, 0.2) is 48.5 Å². The van der Waals surface area contributed by atoms with Gasteiger partial charge in [0.05, 0.1) is 5.69 Å². The lowest BCUT2D eigenvalue weighted by molar-refractivity contribution is 0.485. The molecule has 0 saturated heterocycles. The van der Waals surface area contributed by atoms with Crippen LogP contribution in [0.1, 0.15) is 0 Å². The fourth-order valence-electron chi connectivity index (χ4n) is 1.68. The van der Waals surface area contributed by atoms with Crippen LogP contribution in [0.3, 0.4) is 0 Å². The number of nitrogens with zero attached hydrogens (tertiary/aromatic N) is 3. The van der Waals surface area contributed by atoms with E-state index in [-0.39, 0.29) is 0 Å². The molecule has 0 atom stereocenters. The highest BCUT2D eigenvalue weighted by atomic mass is 16.5. The number of hydrogen-bond donors (Lipinski definition) is 2. The first-order valence-corrected chi connectivity index (χ1v) is 5.69. The quantitative estimate of drug-likeness (QED) is 0.698. The van der Waals surface area contributed by atoms with Crippen molar-refractivity contribution in [2.24, 2.45) is 0 Å². The summed E-state index contributed by atoms with van der Waals surface area (Å²) in [5.74, 6) is 1.81. The molecule has 94 valence electrons. The van der Waals surface area contributed by atoms with E-state index < -0.39 is 0 Å². The number of nitrogens with one attached hydrogen (secondary N) is 1. The summed E-state index contributed by atoms with van der Waals surface area (Å²) in [6.45, 7) is 0. The second-order valence-electron chi connectivity index (χ2n) is 3.90. The van der Waals surface area contributed by atoms with Crippen LogP contribution in [-0.2, 0) is 0 Å². The Morgan fingerprint density at radius 1 is 1.05 bits per heavy atom. The van der Waals surface area contributed by atoms with Gasteiger partial charge in [-0.15, -0.1) is 10.2 Å². The number of H-pyrrole nitrogens is 1. The summed E-state index contributed by atoms with van der Waals surface area (Å²) in [5.41, 5.74) is 7.25. The molecule has 0 amide bonds. The Morgan fingerprint density at radius 3 is 2.74 bits per heavy atom. The molecule has 1 heterocycles. The predicted octanol–water partition coefficient (Wildman–Crippen LogP) is 2.24. The Labute approximate surface area is 109 Å². The van der Waals surface area contributed by atoms with Crippen molar-refractivity contribution < 1.29 is 4.74 Å². The number of benzene rings is 2. The molecule has 19 heavy (non-hydrogen) atoms. The minimum atomic E-state index is 0.520. The average molecular weight is 253 g/mol. The van der Waals surface area contributed by atoms with Crippen LogP contribution in [0.25, 0.3) is 11.4 Å². The lowest BCUT2D eigenvalue weighted by Crippen LogP contribution is -1.91. The smallest absolute Gasteiger partial charge is 0.204 e. The van der Waals surface area contributed by atoms with Crippen molar-refractivity contribution in [3.8, 4) is 22.9 Å². The van der Waals surface area contributed by atoms with E-state index in [0.29, 0.717) is 23.0 Å². The van der Waals surface area contributed by atoms with Crippen LogP contribution in [0.4, 0.5) is 5.69 Å². The van der Waals surface area contributed by atoms with Crippen molar-refractivity contribution >= 4 is 5.69 Å². The highest BCUT2D eigenvalue weighted by Gasteiger charge is 2.06. The number of para-hydroxylation sites is 2. The van der Waals surface area contributed by atoms with Crippen molar-refractivity contribution in [3.63, 3.8) is 0 Å². The van der Waals surface area contributed by atoms with Gasteiger partial charge in [0.2, 0.25) is 5.82 Å². The summed E-state index contributed by atoms with van der Waals surface area (Å²) in [6.07, 6.45) is 0. The van der Waals surface area contributed by atoms with Crippen LogP contribution in [0.2, 0.25) is 0 Å². The fraction of sp³-hybridized carbons (Fsp3) is 0. The number of rotatable bonds is 3. The van der Waals surface area contributed by atoms with Crippen LogP contribution < -0.4 is 10.5 Å². The Balaban J connectivity index is 1.90. The second kappa shape index (κ2) is 4.77. The number of tetrazole rings is 1. The molecule has 0 radical (unpaired) electrons. The van der Waals surface area contributed by atoms with Gasteiger partial charge < -0.3 is 10.5 Å². The molecule has 3 aromatic rings. The minimum absolute atomic E-state index is 0.520. The van der Waals surface area contributed by atoms with E-state index in [1.165, 1.54) is 0 Å². The third-order valence-electron chi connectivity index (χ3n) is 2.58. The summed E-state index contributed by atoms with van der Waals surface area (Å²) < 4.78 is 5.74. The van der Waals surface area contributed by atoms with E-state index in [1.807, 2.05) is 42.5 Å². The molecule has 0 unspecified atom stereocenters. The molecule has 0 aliphatic carbocycles. The number of aromatic amines is 1. The number of nitrogens with two attached hydrogens (primary N) is 1. The van der Waals surface area contributed by atoms with Crippen molar-refractivity contribution in [2.75, 3.05) is 5.73 Å². The lowest BCUT2D eigenvalue weighted by Gasteiger charge is -2.08. The molecular formula is C13H11N5O. The van der Waals surface area contributed by atoms with Crippen LogP contribution >= 0.6 is 0 Å². The normalized spacial score (nSPS) is 10.3. The molecule has 0 aliphatic rings. The van der Waals surface area contributed by atoms with Crippen molar-refractivity contribution in [1.29, 1.82) is 0 Å². The number of ether oxygens (including phenoxy) is 1. The number of anilines is 1. The van der Waals surface area contributed by atoms with Crippen molar-refractivity contribution in [1.82, 2.24) is 20.6 Å². The van der Waals surface area contributed by atoms with E-state index in [2.05, 4.69) is 20.6 Å². The fourth-order valence-corrected chi connectivity index (χ4v) is 1.68. The largest absolute Gasteiger partial charge is 0.455 e. The molecule has 6 heteroatoms. The van der Waals surface area contributed by atoms with Crippen LogP contribution in [0.5, 0.6) is 11.5 Å². The molecule has 2 aromatic carbocycles. The van der Waals surface area contributed by atoms with Gasteiger partial charge in [-0.2, -0.15) is 5.21 Å². The monoisotopic (exact) mass is 253 g/mol. The third-order valence-corrected chi connectivity index (χ3v) is 2.58. The van der Waals surface area contributed by atoms with Crippen molar-refractivity contribution in [3.05, 3.63) is 48.5 Å². The van der Waals surface area contributed by atoms with E-state index in [9.17, 15) is 0 Å². The zero-order valence-corrected chi connectivity index (χ0v) is 9.95. The van der Waals surface area contributed by atoms with Crippen LogP contribution in [0, 0.1) is 0 Å². The summed E-state index contributed by atoms with van der Waals surface area (Å²) in [7, 11) is 0. The van der Waals surface area contributed by atoms with Crippen LogP contribution in [-0.4, -0.2) is 20.6 Å². The van der Waals surface area contributed by atoms with Gasteiger partial charge in [-0.05, 0) is 29.5 Å². The third kappa shape index (κ3) is 2.37. The number of nitrogen functional groups attached to an aromatic ring is 1. The number of aromatic nitrogens is 4. The molecule has 6 nitrogen and oxygen atoms in total. The standard InChI is InChI=1S/C13H11N5O/c14-11-6-1-2-7-12(11)19-10-5-3-4-9(8-10)13-15-17-18-16-13/h1-8H,14H2,(H,15,16,17,18). The minimum Gasteiger partial charge on any atom is -0.455 e. The second-order valence-corrected chi connectivity index (χ2v) is 3.90. The molecular weight excluding hydrogens is 242 g/mol. The molecule has 1 aromatic heterocycles. The van der Waals surface area contributed by atoms with Gasteiger partial charge in [-0.3, -0.25) is 0 Å². The molecule has 0 bridgehead atoms. The Morgan fingerprint density at radius 2 is 1.95 bits per heavy atom. The summed E-state index contributed by atoms with van der Waals surface area (Å²) >= 11 is 0. The molecule has 0 spiro atoms. The van der Waals surface area contributed by atoms with Gasteiger partial charge in [0.1, 0.15) is 11.5 Å². The SMILES string of the molecule is Nc1ccccc1Oc1cccc(-c2nn[nH]n2)c1. The highest BCUT2D eigenvalue weighted by molar-refractivity contribution is 5.58. The Hall–Kier alpha value is -2.89. The number of hydrogen-bond acceptors (Lipinski definition) is 5. The maximum atomic E-state index is 5.84. The molecule has 0 fully saturated rings. The Kier molecular flexibility index (Phi) is 2.82. The first-order chi connectivity index (χ1) is 9.33. The molecule has 3 rings (SSSR count). The molecule has 0 saturated carbocycles. The average Bonchev–Trinajstić information content (AvgIpc) is 2.96. The topological polar surface area (TPSA) is 89.7 Å². The first kappa shape index (κ1) is 11.2. The summed E-state index contributed by atoms with van der Waals surface area (Å²) in [6, 6.07) is 14.8. The zero-order valence-electron chi connectivity index (χ0n) is 9.95. The van der Waals surface area contributed by atoms with Gasteiger partial charge in [-0.1, -0.05) is 24.3 Å². The summed E-state index contributed by atoms with van der Waals surface area (Å²) in [4.78, 5) is 0. The van der Waals surface area contributed by atoms with Gasteiger partial charge in [-0.25, -0.2) is 0 Å². The van der Waals surface area contributed by atoms with E-state index in [4.69, 9.17) is 10.5 Å². The van der Waals surface area contributed by atoms with Crippen molar-refractivity contribution in [2.45, 2.75) is 0 Å². The van der Waals surface area contributed by atoms with Gasteiger partial charge in [0, 0.05) is 5.56 Å². The van der Waals surface area contributed by atoms with Gasteiger partial charge >= 0.3 is 0 Å². The maximum absolute atomic E-state index is 5.84. The Bertz CT molecular complexity index is 681. The van der Waals surface area contributed by atoms with E-state index >= 15 is 0 Å². The van der Waals surface area contributed by atoms with Gasteiger partial charge in [0.15, 0.2) is 0 Å². The maximum Gasteiger partial charge on any atom is 0.204 e. The lowest BCUT2D eigenvalue weighted by atomic mass is 10.2. The first-order valence-electron chi connectivity index (χ1n) is 5.69. The van der Waals surface area contributed by atoms with Gasteiger partial charge in [0.25, 0.3) is 0 Å². The zero-order chi connectivity index (χ0) is 13.1. The highest BCUT2D eigenvalue weighted by Crippen LogP contribution is 2.28. The van der Waals surface area contributed by atoms with E-state index in [0.717, 1.165) is 5.56 Å².